The zero-order valence-corrected chi connectivity index (χ0v) is 11.3. The molecule has 0 amide bonds. The summed E-state index contributed by atoms with van der Waals surface area (Å²) in [5, 5.41) is 8.95. The summed E-state index contributed by atoms with van der Waals surface area (Å²) in [4.78, 5) is 0.809. The van der Waals surface area contributed by atoms with Crippen LogP contribution in [0.2, 0.25) is 0 Å². The Morgan fingerprint density at radius 1 is 1.22 bits per heavy atom. The average Bonchev–Trinajstić information content (AvgIpc) is 2.71. The van der Waals surface area contributed by atoms with Gasteiger partial charge < -0.3 is 5.11 Å². The van der Waals surface area contributed by atoms with Gasteiger partial charge in [0, 0.05) is 10.4 Å². The predicted octanol–water partition coefficient (Wildman–Crippen LogP) is 2.46. The van der Waals surface area contributed by atoms with Crippen molar-refractivity contribution in [3.63, 3.8) is 0 Å². The minimum absolute atomic E-state index is 0.0447. The summed E-state index contributed by atoms with van der Waals surface area (Å²) in [5.74, 6) is 0. The lowest BCUT2D eigenvalue weighted by molar-refractivity contribution is 0.282. The monoisotopic (exact) mass is 284 g/mol. The van der Waals surface area contributed by atoms with Crippen molar-refractivity contribution in [1.29, 1.82) is 0 Å². The maximum absolute atomic E-state index is 11.3. The van der Waals surface area contributed by atoms with Crippen molar-refractivity contribution in [2.75, 3.05) is 0 Å². The Morgan fingerprint density at radius 3 is 2.33 bits per heavy atom. The van der Waals surface area contributed by atoms with Crippen molar-refractivity contribution < 1.29 is 18.1 Å². The lowest BCUT2D eigenvalue weighted by Crippen LogP contribution is -1.96. The van der Waals surface area contributed by atoms with Crippen LogP contribution in [0.5, 0.6) is 0 Å². The summed E-state index contributed by atoms with van der Waals surface area (Å²) in [7, 11) is -4.21. The summed E-state index contributed by atoms with van der Waals surface area (Å²) >= 11 is 1.04. The zero-order chi connectivity index (χ0) is 13.3. The number of hydrogen-bond acceptors (Lipinski definition) is 4. The van der Waals surface area contributed by atoms with Gasteiger partial charge in [-0.05, 0) is 24.1 Å². The highest BCUT2D eigenvalue weighted by Crippen LogP contribution is 2.34. The van der Waals surface area contributed by atoms with E-state index in [-0.39, 0.29) is 10.8 Å². The van der Waals surface area contributed by atoms with E-state index in [1.165, 1.54) is 0 Å². The quantitative estimate of drug-likeness (QED) is 0.849. The fourth-order valence-corrected chi connectivity index (χ4v) is 3.70. The summed E-state index contributed by atoms with van der Waals surface area (Å²) in [5.41, 5.74) is 1.94. The molecule has 0 unspecified atom stereocenters. The number of benzene rings is 1. The summed E-state index contributed by atoms with van der Waals surface area (Å²) in [6, 6.07) is 8.61. The van der Waals surface area contributed by atoms with Gasteiger partial charge in [0.2, 0.25) is 0 Å². The third kappa shape index (κ3) is 2.62. The molecule has 0 aliphatic rings. The molecule has 2 N–H and O–H groups in total. The highest BCUT2D eigenvalue weighted by atomic mass is 32.3. The van der Waals surface area contributed by atoms with E-state index in [0.717, 1.165) is 21.8 Å². The number of hydrogen-bond donors (Lipinski definition) is 2. The van der Waals surface area contributed by atoms with Gasteiger partial charge in [0.05, 0.1) is 6.61 Å². The molecule has 6 heteroatoms. The van der Waals surface area contributed by atoms with Crippen LogP contribution in [-0.4, -0.2) is 18.1 Å². The second-order valence-corrected chi connectivity index (χ2v) is 6.76. The Hall–Kier alpha value is -1.21. The van der Waals surface area contributed by atoms with Gasteiger partial charge in [-0.15, -0.1) is 11.3 Å². The summed E-state index contributed by atoms with van der Waals surface area (Å²) in [6.07, 6.45) is 0. The highest BCUT2D eigenvalue weighted by molar-refractivity contribution is 7.88. The first-order valence-electron chi connectivity index (χ1n) is 5.20. The molecule has 0 aliphatic carbocycles. The molecular formula is C12H12O4S2. The predicted molar refractivity (Wildman–Crippen MR) is 70.2 cm³/mol. The number of aliphatic hydroxyl groups excluding tert-OH is 1. The Morgan fingerprint density at radius 2 is 1.83 bits per heavy atom. The van der Waals surface area contributed by atoms with E-state index in [2.05, 4.69) is 0 Å². The van der Waals surface area contributed by atoms with Crippen molar-refractivity contribution in [1.82, 2.24) is 0 Å². The Labute approximate surface area is 109 Å². The van der Waals surface area contributed by atoms with Crippen LogP contribution in [0.3, 0.4) is 0 Å². The van der Waals surface area contributed by atoms with E-state index in [9.17, 15) is 13.0 Å². The van der Waals surface area contributed by atoms with E-state index in [1.807, 2.05) is 0 Å². The summed E-state index contributed by atoms with van der Waals surface area (Å²) in [6.45, 7) is 1.72. The van der Waals surface area contributed by atoms with Crippen LogP contribution < -0.4 is 0 Å². The molecule has 18 heavy (non-hydrogen) atoms. The average molecular weight is 284 g/mol. The first-order valence-corrected chi connectivity index (χ1v) is 7.45. The first kappa shape index (κ1) is 13.2. The van der Waals surface area contributed by atoms with Gasteiger partial charge in [0.15, 0.2) is 4.21 Å². The molecule has 0 radical (unpaired) electrons. The molecule has 4 nitrogen and oxygen atoms in total. The lowest BCUT2D eigenvalue weighted by Gasteiger charge is -2.02. The van der Waals surface area contributed by atoms with Crippen LogP contribution in [0.25, 0.3) is 11.1 Å². The maximum Gasteiger partial charge on any atom is 0.304 e. The van der Waals surface area contributed by atoms with E-state index in [1.54, 1.807) is 37.3 Å². The first-order chi connectivity index (χ1) is 8.41. The van der Waals surface area contributed by atoms with Crippen LogP contribution in [0, 0.1) is 6.92 Å². The van der Waals surface area contributed by atoms with Gasteiger partial charge in [-0.1, -0.05) is 24.3 Å². The van der Waals surface area contributed by atoms with Gasteiger partial charge in [0.1, 0.15) is 0 Å². The van der Waals surface area contributed by atoms with Gasteiger partial charge in [-0.25, -0.2) is 0 Å². The standard InChI is InChI=1S/C12H12O4S2/c1-8-6-11(12(17-8)18(14,15)16)10-4-2-9(7-13)3-5-10/h2-6,13H,7H2,1H3,(H,14,15,16). The summed E-state index contributed by atoms with van der Waals surface area (Å²) < 4.78 is 31.7. The van der Waals surface area contributed by atoms with Crippen molar-refractivity contribution in [3.8, 4) is 11.1 Å². The smallest absolute Gasteiger partial charge is 0.304 e. The van der Waals surface area contributed by atoms with E-state index in [0.29, 0.717) is 11.1 Å². The normalized spacial score (nSPS) is 11.7. The third-order valence-corrected chi connectivity index (χ3v) is 4.92. The molecule has 0 fully saturated rings. The molecule has 0 aliphatic heterocycles. The van der Waals surface area contributed by atoms with Crippen LogP contribution in [0.4, 0.5) is 0 Å². The molecule has 2 aromatic rings. The van der Waals surface area contributed by atoms with Gasteiger partial charge in [-0.3, -0.25) is 4.55 Å². The van der Waals surface area contributed by atoms with E-state index < -0.39 is 10.1 Å². The molecule has 0 saturated heterocycles. The SMILES string of the molecule is Cc1cc(-c2ccc(CO)cc2)c(S(=O)(=O)O)s1. The number of rotatable bonds is 3. The Balaban J connectivity index is 2.56. The van der Waals surface area contributed by atoms with E-state index >= 15 is 0 Å². The van der Waals surface area contributed by atoms with Crippen molar-refractivity contribution in [2.45, 2.75) is 17.7 Å². The molecule has 1 heterocycles. The van der Waals surface area contributed by atoms with Crippen molar-refractivity contribution in [3.05, 3.63) is 40.8 Å². The Bertz CT molecular complexity index is 654. The van der Waals surface area contributed by atoms with Crippen molar-refractivity contribution >= 4 is 21.5 Å². The molecule has 1 aromatic heterocycles. The molecule has 0 saturated carbocycles. The minimum atomic E-state index is -4.21. The number of aliphatic hydroxyl groups is 1. The second kappa shape index (κ2) is 4.81. The van der Waals surface area contributed by atoms with Gasteiger partial charge in [-0.2, -0.15) is 8.42 Å². The minimum Gasteiger partial charge on any atom is -0.392 e. The zero-order valence-electron chi connectivity index (χ0n) is 9.62. The Kier molecular flexibility index (Phi) is 3.54. The largest absolute Gasteiger partial charge is 0.392 e. The fraction of sp³-hybridized carbons (Fsp3) is 0.167. The van der Waals surface area contributed by atoms with Crippen LogP contribution in [0.1, 0.15) is 10.4 Å². The second-order valence-electron chi connectivity index (χ2n) is 3.89. The lowest BCUT2D eigenvalue weighted by atomic mass is 10.1. The molecule has 2 rings (SSSR count). The van der Waals surface area contributed by atoms with Crippen LogP contribution >= 0.6 is 11.3 Å². The maximum atomic E-state index is 11.3. The van der Waals surface area contributed by atoms with Crippen LogP contribution in [-0.2, 0) is 16.7 Å². The molecule has 0 atom stereocenters. The van der Waals surface area contributed by atoms with Crippen LogP contribution in [0.15, 0.2) is 34.5 Å². The number of thiophene rings is 1. The van der Waals surface area contributed by atoms with Gasteiger partial charge in [0.25, 0.3) is 0 Å². The topological polar surface area (TPSA) is 74.6 Å². The molecule has 1 aromatic carbocycles. The molecule has 0 spiro atoms. The van der Waals surface area contributed by atoms with Crippen molar-refractivity contribution in [2.24, 2.45) is 0 Å². The molecule has 0 bridgehead atoms. The fourth-order valence-electron chi connectivity index (χ4n) is 1.68. The molecule has 96 valence electrons. The van der Waals surface area contributed by atoms with E-state index in [4.69, 9.17) is 5.11 Å². The third-order valence-electron chi connectivity index (χ3n) is 2.50. The number of aryl methyl sites for hydroxylation is 1. The molecular weight excluding hydrogens is 272 g/mol. The highest BCUT2D eigenvalue weighted by Gasteiger charge is 2.19. The van der Waals surface area contributed by atoms with Gasteiger partial charge >= 0.3 is 10.1 Å².